The van der Waals surface area contributed by atoms with Crippen molar-refractivity contribution in [1.82, 2.24) is 20.0 Å². The van der Waals surface area contributed by atoms with Crippen molar-refractivity contribution in [2.24, 2.45) is 0 Å². The maximum absolute atomic E-state index is 12.2. The Morgan fingerprint density at radius 1 is 1.00 bits per heavy atom. The van der Waals surface area contributed by atoms with Crippen LogP contribution in [0.1, 0.15) is 26.7 Å². The number of nitrogens with zero attached hydrogens (tertiary/aromatic N) is 3. The maximum atomic E-state index is 12.2. The van der Waals surface area contributed by atoms with E-state index in [-0.39, 0.29) is 12.1 Å². The molecular formula is C14H24N4O3. The minimum absolute atomic E-state index is 0.00882. The van der Waals surface area contributed by atoms with Gasteiger partial charge in [-0.15, -0.1) is 0 Å². The Morgan fingerprint density at radius 2 is 1.52 bits per heavy atom. The molecule has 0 radical (unpaired) electrons. The Bertz CT molecular complexity index is 410. The number of carbonyl (C=O) groups is 3. The van der Waals surface area contributed by atoms with Gasteiger partial charge in [0.15, 0.2) is 0 Å². The van der Waals surface area contributed by atoms with Crippen LogP contribution in [0.5, 0.6) is 0 Å². The number of hydrogen-bond acceptors (Lipinski definition) is 3. The molecule has 7 nitrogen and oxygen atoms in total. The second-order valence-corrected chi connectivity index (χ2v) is 5.48. The summed E-state index contributed by atoms with van der Waals surface area (Å²) in [5.41, 5.74) is 0. The molecule has 0 spiro atoms. The van der Waals surface area contributed by atoms with Crippen molar-refractivity contribution in [2.75, 3.05) is 39.3 Å². The summed E-state index contributed by atoms with van der Waals surface area (Å²) < 4.78 is 0. The molecule has 21 heavy (non-hydrogen) atoms. The monoisotopic (exact) mass is 296 g/mol. The van der Waals surface area contributed by atoms with Crippen LogP contribution < -0.4 is 5.32 Å². The zero-order chi connectivity index (χ0) is 15.4. The highest BCUT2D eigenvalue weighted by Gasteiger charge is 2.32. The molecule has 1 aliphatic heterocycles. The van der Waals surface area contributed by atoms with Crippen LogP contribution in [0.25, 0.3) is 0 Å². The Hall–Kier alpha value is -1.79. The van der Waals surface area contributed by atoms with Gasteiger partial charge in [-0.2, -0.15) is 0 Å². The number of carbonyl (C=O) groups excluding carboxylic acids is 3. The summed E-state index contributed by atoms with van der Waals surface area (Å²) in [5, 5.41) is 2.70. The first-order valence-corrected chi connectivity index (χ1v) is 7.70. The fourth-order valence-corrected chi connectivity index (χ4v) is 2.41. The van der Waals surface area contributed by atoms with Crippen LogP contribution in [0.3, 0.4) is 0 Å². The number of amides is 4. The molecule has 2 rings (SSSR count). The van der Waals surface area contributed by atoms with Gasteiger partial charge in [0, 0.05) is 45.3 Å². The molecule has 7 heteroatoms. The lowest BCUT2D eigenvalue weighted by Crippen LogP contribution is -2.56. The lowest BCUT2D eigenvalue weighted by Gasteiger charge is -2.36. The largest absolute Gasteiger partial charge is 0.345 e. The zero-order valence-corrected chi connectivity index (χ0v) is 12.8. The van der Waals surface area contributed by atoms with Gasteiger partial charge in [-0.25, -0.2) is 4.79 Å². The van der Waals surface area contributed by atoms with E-state index in [2.05, 4.69) is 5.32 Å². The number of urea groups is 1. The van der Waals surface area contributed by atoms with Gasteiger partial charge in [0.1, 0.15) is 0 Å². The minimum atomic E-state index is -0.513. The van der Waals surface area contributed by atoms with Crippen LogP contribution in [-0.4, -0.2) is 77.9 Å². The molecular weight excluding hydrogens is 272 g/mol. The molecule has 2 fully saturated rings. The van der Waals surface area contributed by atoms with Crippen molar-refractivity contribution in [3.05, 3.63) is 0 Å². The lowest BCUT2D eigenvalue weighted by atomic mass is 10.3. The molecule has 0 aromatic heterocycles. The van der Waals surface area contributed by atoms with Crippen molar-refractivity contribution < 1.29 is 14.4 Å². The smallest absolute Gasteiger partial charge is 0.320 e. The van der Waals surface area contributed by atoms with Crippen LogP contribution in [0.2, 0.25) is 0 Å². The van der Waals surface area contributed by atoms with Gasteiger partial charge in [0.25, 0.3) is 0 Å². The molecule has 0 atom stereocenters. The van der Waals surface area contributed by atoms with Crippen LogP contribution in [0.15, 0.2) is 0 Å². The number of piperazine rings is 1. The van der Waals surface area contributed by atoms with Crippen molar-refractivity contribution in [3.63, 3.8) is 0 Å². The quantitative estimate of drug-likeness (QED) is 0.737. The highest BCUT2D eigenvalue weighted by Crippen LogP contribution is 2.18. The van der Waals surface area contributed by atoms with Gasteiger partial charge in [-0.3, -0.25) is 9.59 Å². The molecule has 0 aromatic carbocycles. The van der Waals surface area contributed by atoms with E-state index in [1.165, 1.54) is 4.90 Å². The van der Waals surface area contributed by atoms with Crippen molar-refractivity contribution in [3.8, 4) is 0 Å². The second kappa shape index (κ2) is 6.78. The first-order chi connectivity index (χ1) is 10.1. The summed E-state index contributed by atoms with van der Waals surface area (Å²) >= 11 is 0. The standard InChI is InChI=1S/C14H24N4O3/c1-3-16(4-2)14(21)18-9-7-17(8-10-18)13(20)12(19)15-11-5-6-11/h11H,3-10H2,1-2H3,(H,15,19). The van der Waals surface area contributed by atoms with E-state index in [1.807, 2.05) is 13.8 Å². The highest BCUT2D eigenvalue weighted by atomic mass is 16.2. The van der Waals surface area contributed by atoms with Gasteiger partial charge < -0.3 is 20.0 Å². The van der Waals surface area contributed by atoms with E-state index >= 15 is 0 Å². The molecule has 1 heterocycles. The predicted octanol–water partition coefficient (Wildman–Crippen LogP) is -0.129. The molecule has 1 saturated heterocycles. The zero-order valence-electron chi connectivity index (χ0n) is 12.8. The first kappa shape index (κ1) is 15.6. The maximum Gasteiger partial charge on any atom is 0.320 e. The fraction of sp³-hybridized carbons (Fsp3) is 0.786. The van der Waals surface area contributed by atoms with Crippen LogP contribution in [-0.2, 0) is 9.59 Å². The van der Waals surface area contributed by atoms with E-state index in [9.17, 15) is 14.4 Å². The molecule has 0 unspecified atom stereocenters. The molecule has 0 aromatic rings. The predicted molar refractivity (Wildman–Crippen MR) is 77.6 cm³/mol. The van der Waals surface area contributed by atoms with Gasteiger partial charge in [-0.05, 0) is 26.7 Å². The molecule has 1 N–H and O–H groups in total. The van der Waals surface area contributed by atoms with Gasteiger partial charge in [0.05, 0.1) is 0 Å². The molecule has 0 bridgehead atoms. The Balaban J connectivity index is 1.80. The van der Waals surface area contributed by atoms with Crippen molar-refractivity contribution in [1.29, 1.82) is 0 Å². The minimum Gasteiger partial charge on any atom is -0.345 e. The van der Waals surface area contributed by atoms with Crippen LogP contribution >= 0.6 is 0 Å². The van der Waals surface area contributed by atoms with Gasteiger partial charge in [-0.1, -0.05) is 0 Å². The summed E-state index contributed by atoms with van der Waals surface area (Å²) in [6.07, 6.45) is 1.93. The van der Waals surface area contributed by atoms with E-state index in [0.717, 1.165) is 12.8 Å². The summed E-state index contributed by atoms with van der Waals surface area (Å²) in [7, 11) is 0. The van der Waals surface area contributed by atoms with E-state index in [1.54, 1.807) is 9.80 Å². The second-order valence-electron chi connectivity index (χ2n) is 5.48. The topological polar surface area (TPSA) is 73.0 Å². The third-order valence-electron chi connectivity index (χ3n) is 3.98. The fourth-order valence-electron chi connectivity index (χ4n) is 2.41. The summed E-state index contributed by atoms with van der Waals surface area (Å²) in [6, 6.07) is 0.196. The Labute approximate surface area is 125 Å². The molecule has 1 saturated carbocycles. The SMILES string of the molecule is CCN(CC)C(=O)N1CCN(C(=O)C(=O)NC2CC2)CC1. The molecule has 4 amide bonds. The Kier molecular flexibility index (Phi) is 5.03. The average molecular weight is 296 g/mol. The van der Waals surface area contributed by atoms with Crippen molar-refractivity contribution in [2.45, 2.75) is 32.7 Å². The summed E-state index contributed by atoms with van der Waals surface area (Å²) in [6.45, 7) is 7.06. The Morgan fingerprint density at radius 3 is 2.00 bits per heavy atom. The normalized spacial score (nSPS) is 18.4. The summed E-state index contributed by atoms with van der Waals surface area (Å²) in [4.78, 5) is 40.9. The lowest BCUT2D eigenvalue weighted by molar-refractivity contribution is -0.146. The average Bonchev–Trinajstić information content (AvgIpc) is 3.31. The summed E-state index contributed by atoms with van der Waals surface area (Å²) in [5.74, 6) is -0.988. The van der Waals surface area contributed by atoms with E-state index in [4.69, 9.17) is 0 Å². The van der Waals surface area contributed by atoms with Crippen LogP contribution in [0.4, 0.5) is 4.79 Å². The third-order valence-corrected chi connectivity index (χ3v) is 3.98. The van der Waals surface area contributed by atoms with Gasteiger partial charge >= 0.3 is 17.8 Å². The molecule has 2 aliphatic rings. The number of rotatable bonds is 3. The van der Waals surface area contributed by atoms with Crippen molar-refractivity contribution >= 4 is 17.8 Å². The van der Waals surface area contributed by atoms with E-state index in [0.29, 0.717) is 39.3 Å². The highest BCUT2D eigenvalue weighted by molar-refractivity contribution is 6.35. The van der Waals surface area contributed by atoms with Crippen LogP contribution in [0, 0.1) is 0 Å². The first-order valence-electron chi connectivity index (χ1n) is 7.70. The molecule has 118 valence electrons. The van der Waals surface area contributed by atoms with E-state index < -0.39 is 11.8 Å². The third kappa shape index (κ3) is 3.86. The number of hydrogen-bond donors (Lipinski definition) is 1. The van der Waals surface area contributed by atoms with Gasteiger partial charge in [0.2, 0.25) is 0 Å². The molecule has 1 aliphatic carbocycles. The number of nitrogens with one attached hydrogen (secondary N) is 1.